The Morgan fingerprint density at radius 2 is 1.67 bits per heavy atom. The van der Waals surface area contributed by atoms with Crippen LogP contribution in [-0.2, 0) is 9.59 Å². The first-order chi connectivity index (χ1) is 8.46. The van der Waals surface area contributed by atoms with Gasteiger partial charge in [0.05, 0.1) is 17.6 Å². The van der Waals surface area contributed by atoms with E-state index in [9.17, 15) is 14.7 Å². The third kappa shape index (κ3) is 1.96. The average Bonchev–Trinajstić information content (AvgIpc) is 2.66. The lowest BCUT2D eigenvalue weighted by molar-refractivity contribution is -0.151. The van der Waals surface area contributed by atoms with Gasteiger partial charge in [-0.3, -0.25) is 14.5 Å². The molecule has 1 N–H and O–H groups in total. The number of aliphatic hydroxyl groups is 1. The molecule has 0 bridgehead atoms. The second-order valence-electron chi connectivity index (χ2n) is 5.29. The third-order valence-electron chi connectivity index (χ3n) is 4.83. The van der Waals surface area contributed by atoms with Crippen molar-refractivity contribution >= 4 is 11.8 Å². The van der Waals surface area contributed by atoms with Crippen LogP contribution in [0.3, 0.4) is 0 Å². The summed E-state index contributed by atoms with van der Waals surface area (Å²) < 4.78 is 0. The minimum absolute atomic E-state index is 0.0877. The summed E-state index contributed by atoms with van der Waals surface area (Å²) in [7, 11) is 0. The molecule has 1 aliphatic heterocycles. The van der Waals surface area contributed by atoms with Crippen molar-refractivity contribution in [2.24, 2.45) is 5.41 Å². The predicted molar refractivity (Wildman–Crippen MR) is 69.9 cm³/mol. The Hall–Kier alpha value is -0.900. The van der Waals surface area contributed by atoms with Crippen LogP contribution >= 0.6 is 0 Å². The van der Waals surface area contributed by atoms with E-state index >= 15 is 0 Å². The highest BCUT2D eigenvalue weighted by atomic mass is 16.3. The molecule has 0 saturated carbocycles. The Balaban J connectivity index is 3.18. The van der Waals surface area contributed by atoms with Crippen LogP contribution in [0.15, 0.2) is 0 Å². The Kier molecular flexibility index (Phi) is 4.54. The summed E-state index contributed by atoms with van der Waals surface area (Å²) in [6.45, 7) is 7.59. The summed E-state index contributed by atoms with van der Waals surface area (Å²) in [5.41, 5.74) is -1.25. The molecule has 0 radical (unpaired) electrons. The lowest BCUT2D eigenvalue weighted by Gasteiger charge is -2.39. The van der Waals surface area contributed by atoms with E-state index in [1.807, 2.05) is 27.7 Å². The standard InChI is InChI=1S/C14H25NO3/c1-5-13(6-2)9-11(17)15(12(13)18)14(7-3,8-4)10-16/h16H,5-10H2,1-4H3. The highest BCUT2D eigenvalue weighted by molar-refractivity contribution is 6.06. The Morgan fingerprint density at radius 3 is 1.94 bits per heavy atom. The summed E-state index contributed by atoms with van der Waals surface area (Å²) >= 11 is 0. The number of carbonyl (C=O) groups excluding carboxylic acids is 2. The molecule has 0 aromatic heterocycles. The number of hydrogen-bond acceptors (Lipinski definition) is 3. The van der Waals surface area contributed by atoms with Gasteiger partial charge in [0.1, 0.15) is 0 Å². The molecule has 18 heavy (non-hydrogen) atoms. The highest BCUT2D eigenvalue weighted by Crippen LogP contribution is 2.43. The number of likely N-dealkylation sites (tertiary alicyclic amines) is 1. The van der Waals surface area contributed by atoms with E-state index in [4.69, 9.17) is 0 Å². The number of rotatable bonds is 6. The van der Waals surface area contributed by atoms with Crippen LogP contribution in [0.2, 0.25) is 0 Å². The Labute approximate surface area is 109 Å². The van der Waals surface area contributed by atoms with E-state index in [1.54, 1.807) is 0 Å². The number of imide groups is 1. The zero-order valence-corrected chi connectivity index (χ0v) is 12.0. The van der Waals surface area contributed by atoms with Crippen LogP contribution in [0.1, 0.15) is 59.8 Å². The number of nitrogens with zero attached hydrogens (tertiary/aromatic N) is 1. The van der Waals surface area contributed by atoms with Crippen molar-refractivity contribution in [1.82, 2.24) is 4.90 Å². The zero-order valence-electron chi connectivity index (χ0n) is 12.0. The van der Waals surface area contributed by atoms with E-state index in [0.29, 0.717) is 32.1 Å². The molecule has 1 aliphatic rings. The molecule has 1 rings (SSSR count). The molecule has 1 fully saturated rings. The lowest BCUT2D eigenvalue weighted by atomic mass is 9.80. The van der Waals surface area contributed by atoms with Gasteiger partial charge in [-0.1, -0.05) is 27.7 Å². The molecule has 1 heterocycles. The number of amides is 2. The van der Waals surface area contributed by atoms with Crippen LogP contribution in [0, 0.1) is 5.41 Å². The van der Waals surface area contributed by atoms with Gasteiger partial charge in [0, 0.05) is 6.42 Å². The summed E-state index contributed by atoms with van der Waals surface area (Å²) in [6, 6.07) is 0. The quantitative estimate of drug-likeness (QED) is 0.739. The van der Waals surface area contributed by atoms with Crippen molar-refractivity contribution in [3.63, 3.8) is 0 Å². The van der Waals surface area contributed by atoms with Gasteiger partial charge in [0.25, 0.3) is 0 Å². The van der Waals surface area contributed by atoms with Gasteiger partial charge in [-0.25, -0.2) is 0 Å². The fourth-order valence-electron chi connectivity index (χ4n) is 2.94. The zero-order chi connectivity index (χ0) is 14.0. The molecule has 2 amide bonds. The van der Waals surface area contributed by atoms with E-state index in [0.717, 1.165) is 0 Å². The largest absolute Gasteiger partial charge is 0.394 e. The molecule has 0 unspecified atom stereocenters. The van der Waals surface area contributed by atoms with Crippen molar-refractivity contribution in [3.05, 3.63) is 0 Å². The minimum Gasteiger partial charge on any atom is -0.394 e. The van der Waals surface area contributed by atoms with E-state index < -0.39 is 11.0 Å². The fourth-order valence-corrected chi connectivity index (χ4v) is 2.94. The Bertz CT molecular complexity index is 322. The molecule has 0 atom stereocenters. The Morgan fingerprint density at radius 1 is 1.17 bits per heavy atom. The smallest absolute Gasteiger partial charge is 0.236 e. The number of aliphatic hydroxyl groups excluding tert-OH is 1. The first-order valence-corrected chi connectivity index (χ1v) is 6.95. The normalized spacial score (nSPS) is 19.7. The van der Waals surface area contributed by atoms with Crippen molar-refractivity contribution in [2.45, 2.75) is 65.3 Å². The molecule has 4 nitrogen and oxygen atoms in total. The number of hydrogen-bond donors (Lipinski definition) is 1. The van der Waals surface area contributed by atoms with Gasteiger partial charge in [-0.15, -0.1) is 0 Å². The van der Waals surface area contributed by atoms with Crippen molar-refractivity contribution in [2.75, 3.05) is 6.61 Å². The maximum absolute atomic E-state index is 12.6. The molecule has 4 heteroatoms. The predicted octanol–water partition coefficient (Wildman–Crippen LogP) is 2.10. The van der Waals surface area contributed by atoms with E-state index in [-0.39, 0.29) is 18.4 Å². The molecule has 0 aromatic carbocycles. The second kappa shape index (κ2) is 5.39. The minimum atomic E-state index is -0.708. The maximum Gasteiger partial charge on any atom is 0.236 e. The molecule has 0 aliphatic carbocycles. The van der Waals surface area contributed by atoms with Gasteiger partial charge >= 0.3 is 0 Å². The van der Waals surface area contributed by atoms with Gasteiger partial charge < -0.3 is 5.11 Å². The van der Waals surface area contributed by atoms with Crippen LogP contribution < -0.4 is 0 Å². The van der Waals surface area contributed by atoms with Gasteiger partial charge in [0.2, 0.25) is 11.8 Å². The summed E-state index contributed by atoms with van der Waals surface area (Å²) in [4.78, 5) is 26.2. The van der Waals surface area contributed by atoms with Gasteiger partial charge in [0.15, 0.2) is 0 Å². The maximum atomic E-state index is 12.6. The second-order valence-corrected chi connectivity index (χ2v) is 5.29. The molecule has 1 saturated heterocycles. The number of carbonyl (C=O) groups is 2. The molecule has 0 spiro atoms. The van der Waals surface area contributed by atoms with Gasteiger partial charge in [-0.05, 0) is 25.7 Å². The molecule has 104 valence electrons. The summed E-state index contributed by atoms with van der Waals surface area (Å²) in [5, 5.41) is 9.64. The average molecular weight is 255 g/mol. The van der Waals surface area contributed by atoms with E-state index in [1.165, 1.54) is 4.90 Å². The molecule has 0 aromatic rings. The third-order valence-corrected chi connectivity index (χ3v) is 4.83. The molecular formula is C14H25NO3. The molecular weight excluding hydrogens is 230 g/mol. The lowest BCUT2D eigenvalue weighted by Crippen LogP contribution is -2.54. The fraction of sp³-hybridized carbons (Fsp3) is 0.857. The van der Waals surface area contributed by atoms with Crippen LogP contribution in [0.5, 0.6) is 0 Å². The monoisotopic (exact) mass is 255 g/mol. The first-order valence-electron chi connectivity index (χ1n) is 6.95. The SMILES string of the molecule is CCC1(CC)CC(=O)N(C(CC)(CC)CO)C1=O. The van der Waals surface area contributed by atoms with Crippen LogP contribution in [0.25, 0.3) is 0 Å². The van der Waals surface area contributed by atoms with Gasteiger partial charge in [-0.2, -0.15) is 0 Å². The van der Waals surface area contributed by atoms with Crippen molar-refractivity contribution in [3.8, 4) is 0 Å². The summed E-state index contributed by atoms with van der Waals surface area (Å²) in [6.07, 6.45) is 2.85. The highest BCUT2D eigenvalue weighted by Gasteiger charge is 2.54. The first kappa shape index (κ1) is 15.2. The van der Waals surface area contributed by atoms with Crippen LogP contribution in [0.4, 0.5) is 0 Å². The van der Waals surface area contributed by atoms with E-state index in [2.05, 4.69) is 0 Å². The summed E-state index contributed by atoms with van der Waals surface area (Å²) in [5.74, 6) is -0.211. The topological polar surface area (TPSA) is 57.6 Å². The van der Waals surface area contributed by atoms with Crippen molar-refractivity contribution in [1.29, 1.82) is 0 Å². The van der Waals surface area contributed by atoms with Crippen LogP contribution in [-0.4, -0.2) is 34.0 Å². The van der Waals surface area contributed by atoms with Crippen molar-refractivity contribution < 1.29 is 14.7 Å².